The molecule has 1 N–H and O–H groups in total. The summed E-state index contributed by atoms with van der Waals surface area (Å²) in [6.07, 6.45) is 0. The van der Waals surface area contributed by atoms with Crippen molar-refractivity contribution in [2.75, 3.05) is 26.0 Å². The number of hydrogen-bond acceptors (Lipinski definition) is 4. The maximum Gasteiger partial charge on any atom is 0.246 e. The lowest BCUT2D eigenvalue weighted by Gasteiger charge is -2.19. The van der Waals surface area contributed by atoms with E-state index in [1.165, 1.54) is 20.2 Å². The van der Waals surface area contributed by atoms with Crippen LogP contribution < -0.4 is 10.1 Å². The molecule has 7 heteroatoms. The van der Waals surface area contributed by atoms with Crippen molar-refractivity contribution in [3.05, 3.63) is 53.1 Å². The molecule has 0 radical (unpaired) electrons. The van der Waals surface area contributed by atoms with Crippen molar-refractivity contribution in [3.63, 3.8) is 0 Å². The highest BCUT2D eigenvalue weighted by molar-refractivity contribution is 7.89. The molecule has 1 amide bonds. The molecule has 0 unspecified atom stereocenters. The fourth-order valence-electron chi connectivity index (χ4n) is 2.69. The van der Waals surface area contributed by atoms with E-state index in [1.54, 1.807) is 19.1 Å². The highest BCUT2D eigenvalue weighted by atomic mass is 32.2. The van der Waals surface area contributed by atoms with E-state index >= 15 is 0 Å². The van der Waals surface area contributed by atoms with Crippen molar-refractivity contribution >= 4 is 21.6 Å². The van der Waals surface area contributed by atoms with Gasteiger partial charge in [0.1, 0.15) is 10.6 Å². The fourth-order valence-corrected chi connectivity index (χ4v) is 4.05. The van der Waals surface area contributed by atoms with Gasteiger partial charge in [-0.3, -0.25) is 4.79 Å². The van der Waals surface area contributed by atoms with Gasteiger partial charge in [-0.1, -0.05) is 12.1 Å². The first-order chi connectivity index (χ1) is 12.1. The van der Waals surface area contributed by atoms with E-state index in [0.717, 1.165) is 21.0 Å². The number of aryl methyl sites for hydroxylation is 3. The van der Waals surface area contributed by atoms with Crippen molar-refractivity contribution in [3.8, 4) is 5.75 Å². The van der Waals surface area contributed by atoms with E-state index in [4.69, 9.17) is 4.74 Å². The summed E-state index contributed by atoms with van der Waals surface area (Å²) in [5, 5.41) is 2.74. The number of rotatable bonds is 6. The summed E-state index contributed by atoms with van der Waals surface area (Å²) in [4.78, 5) is 12.3. The highest BCUT2D eigenvalue weighted by Crippen LogP contribution is 2.27. The summed E-state index contributed by atoms with van der Waals surface area (Å²) in [5.41, 5.74) is 3.47. The number of amides is 1. The molecule has 6 nitrogen and oxygen atoms in total. The zero-order valence-electron chi connectivity index (χ0n) is 15.7. The van der Waals surface area contributed by atoms with Crippen LogP contribution in [0.25, 0.3) is 0 Å². The number of hydrogen-bond donors (Lipinski definition) is 1. The topological polar surface area (TPSA) is 75.7 Å². The van der Waals surface area contributed by atoms with Gasteiger partial charge in [0.2, 0.25) is 15.9 Å². The van der Waals surface area contributed by atoms with Crippen molar-refractivity contribution < 1.29 is 17.9 Å². The number of ether oxygens (including phenoxy) is 1. The Morgan fingerprint density at radius 1 is 1.04 bits per heavy atom. The summed E-state index contributed by atoms with van der Waals surface area (Å²) in [6.45, 7) is 5.37. The SMILES string of the molecule is COc1ccc(C)cc1S(=O)(=O)N(C)CC(=O)Nc1cc(C)cc(C)c1. The number of benzene rings is 2. The minimum atomic E-state index is -3.86. The second-order valence-electron chi connectivity index (χ2n) is 6.34. The number of likely N-dealkylation sites (N-methyl/N-ethyl adjacent to an activating group) is 1. The number of nitrogens with zero attached hydrogens (tertiary/aromatic N) is 1. The van der Waals surface area contributed by atoms with Gasteiger partial charge in [-0.05, 0) is 61.7 Å². The Morgan fingerprint density at radius 2 is 1.65 bits per heavy atom. The Labute approximate surface area is 154 Å². The van der Waals surface area contributed by atoms with Crippen molar-refractivity contribution in [1.82, 2.24) is 4.31 Å². The molecule has 0 aromatic heterocycles. The lowest BCUT2D eigenvalue weighted by Crippen LogP contribution is -2.35. The van der Waals surface area contributed by atoms with Crippen LogP contribution in [0.15, 0.2) is 41.3 Å². The van der Waals surface area contributed by atoms with Gasteiger partial charge < -0.3 is 10.1 Å². The molecule has 2 aromatic carbocycles. The smallest absolute Gasteiger partial charge is 0.246 e. The van der Waals surface area contributed by atoms with Gasteiger partial charge in [0.05, 0.1) is 13.7 Å². The van der Waals surface area contributed by atoms with Crippen LogP contribution in [-0.2, 0) is 14.8 Å². The van der Waals surface area contributed by atoms with Crippen LogP contribution >= 0.6 is 0 Å². The first-order valence-corrected chi connectivity index (χ1v) is 9.56. The summed E-state index contributed by atoms with van der Waals surface area (Å²) < 4.78 is 31.8. The van der Waals surface area contributed by atoms with Crippen LogP contribution in [0.5, 0.6) is 5.75 Å². The van der Waals surface area contributed by atoms with Gasteiger partial charge in [0.15, 0.2) is 0 Å². The third kappa shape index (κ3) is 4.62. The monoisotopic (exact) mass is 376 g/mol. The lowest BCUT2D eigenvalue weighted by molar-refractivity contribution is -0.116. The Balaban J connectivity index is 2.19. The van der Waals surface area contributed by atoms with Crippen LogP contribution in [0.4, 0.5) is 5.69 Å². The highest BCUT2D eigenvalue weighted by Gasteiger charge is 2.26. The molecule has 2 rings (SSSR count). The minimum absolute atomic E-state index is 0.0432. The third-order valence-corrected chi connectivity index (χ3v) is 5.70. The molecule has 2 aromatic rings. The third-order valence-electron chi connectivity index (χ3n) is 3.88. The van der Waals surface area contributed by atoms with Gasteiger partial charge >= 0.3 is 0 Å². The molecular formula is C19H24N2O4S. The van der Waals surface area contributed by atoms with Gasteiger partial charge in [0, 0.05) is 12.7 Å². The maximum atomic E-state index is 12.8. The van der Waals surface area contributed by atoms with Crippen molar-refractivity contribution in [2.24, 2.45) is 0 Å². The van der Waals surface area contributed by atoms with E-state index in [9.17, 15) is 13.2 Å². The van der Waals surface area contributed by atoms with E-state index in [0.29, 0.717) is 5.69 Å². The summed E-state index contributed by atoms with van der Waals surface area (Å²) >= 11 is 0. The van der Waals surface area contributed by atoms with Crippen LogP contribution in [0, 0.1) is 20.8 Å². The van der Waals surface area contributed by atoms with Crippen LogP contribution in [0.2, 0.25) is 0 Å². The summed E-state index contributed by atoms with van der Waals surface area (Å²) in [6, 6.07) is 10.6. The Kier molecular flexibility index (Phi) is 6.05. The van der Waals surface area contributed by atoms with E-state index in [1.807, 2.05) is 32.0 Å². The van der Waals surface area contributed by atoms with Crippen LogP contribution in [-0.4, -0.2) is 39.3 Å². The average Bonchev–Trinajstić information content (AvgIpc) is 2.53. The first-order valence-electron chi connectivity index (χ1n) is 8.12. The molecular weight excluding hydrogens is 352 g/mol. The molecule has 0 fully saturated rings. The number of carbonyl (C=O) groups excluding carboxylic acids is 1. The molecule has 0 bridgehead atoms. The van der Waals surface area contributed by atoms with Crippen LogP contribution in [0.1, 0.15) is 16.7 Å². The molecule has 0 heterocycles. The lowest BCUT2D eigenvalue weighted by atomic mass is 10.1. The summed E-state index contributed by atoms with van der Waals surface area (Å²) in [5.74, 6) is -0.162. The van der Waals surface area contributed by atoms with Crippen LogP contribution in [0.3, 0.4) is 0 Å². The number of anilines is 1. The normalized spacial score (nSPS) is 11.5. The standard InChI is InChI=1S/C19H24N2O4S/c1-13-6-7-17(25-5)18(11-13)26(23,24)21(4)12-19(22)20-16-9-14(2)8-15(3)10-16/h6-11H,12H2,1-5H3,(H,20,22). The first kappa shape index (κ1) is 19.9. The summed E-state index contributed by atoms with van der Waals surface area (Å²) in [7, 11) is -1.07. The number of nitrogens with one attached hydrogen (secondary N) is 1. The second-order valence-corrected chi connectivity index (χ2v) is 8.35. The molecule has 140 valence electrons. The van der Waals surface area contributed by atoms with Gasteiger partial charge in [-0.25, -0.2) is 8.42 Å². The molecule has 0 aliphatic carbocycles. The Hall–Kier alpha value is -2.38. The molecule has 0 aliphatic heterocycles. The quantitative estimate of drug-likeness (QED) is 0.841. The average molecular weight is 376 g/mol. The number of carbonyl (C=O) groups is 1. The molecule has 0 saturated carbocycles. The fraction of sp³-hybridized carbons (Fsp3) is 0.316. The zero-order valence-corrected chi connectivity index (χ0v) is 16.5. The van der Waals surface area contributed by atoms with Gasteiger partial charge in [-0.15, -0.1) is 0 Å². The Bertz CT molecular complexity index is 903. The van der Waals surface area contributed by atoms with E-state index in [-0.39, 0.29) is 17.2 Å². The van der Waals surface area contributed by atoms with E-state index in [2.05, 4.69) is 5.32 Å². The zero-order chi connectivity index (χ0) is 19.5. The minimum Gasteiger partial charge on any atom is -0.495 e. The predicted molar refractivity (Wildman–Crippen MR) is 102 cm³/mol. The molecule has 0 atom stereocenters. The second kappa shape index (κ2) is 7.88. The molecule has 26 heavy (non-hydrogen) atoms. The molecule has 0 aliphatic rings. The number of sulfonamides is 1. The van der Waals surface area contributed by atoms with Crippen molar-refractivity contribution in [1.29, 1.82) is 0 Å². The largest absolute Gasteiger partial charge is 0.495 e. The van der Waals surface area contributed by atoms with Gasteiger partial charge in [0.25, 0.3) is 0 Å². The van der Waals surface area contributed by atoms with Gasteiger partial charge in [-0.2, -0.15) is 4.31 Å². The molecule has 0 saturated heterocycles. The van der Waals surface area contributed by atoms with Crippen molar-refractivity contribution in [2.45, 2.75) is 25.7 Å². The van der Waals surface area contributed by atoms with E-state index < -0.39 is 15.9 Å². The Morgan fingerprint density at radius 3 is 2.23 bits per heavy atom. The molecule has 0 spiro atoms. The maximum absolute atomic E-state index is 12.8. The predicted octanol–water partition coefficient (Wildman–Crippen LogP) is 2.88. The number of methoxy groups -OCH3 is 1.